The number of sulfonamides is 1. The average Bonchev–Trinajstić information content (AvgIpc) is 3.28. The van der Waals surface area contributed by atoms with E-state index in [1.807, 2.05) is 5.32 Å². The molecule has 2 atom stereocenters. The van der Waals surface area contributed by atoms with Crippen LogP contribution in [-0.2, 0) is 19.6 Å². The van der Waals surface area contributed by atoms with Gasteiger partial charge in [0.25, 0.3) is 0 Å². The van der Waals surface area contributed by atoms with Crippen molar-refractivity contribution in [3.05, 3.63) is 45.1 Å². The maximum Gasteiger partial charge on any atom is 0.413 e. The van der Waals surface area contributed by atoms with Crippen molar-refractivity contribution in [2.24, 2.45) is 0 Å². The Morgan fingerprint density at radius 1 is 1.22 bits per heavy atom. The van der Waals surface area contributed by atoms with Crippen LogP contribution in [0, 0.1) is 0 Å². The van der Waals surface area contributed by atoms with Crippen molar-refractivity contribution < 1.29 is 41.0 Å². The van der Waals surface area contributed by atoms with Crippen molar-refractivity contribution in [2.45, 2.75) is 43.0 Å². The molecule has 10 nitrogen and oxygen atoms in total. The van der Waals surface area contributed by atoms with Gasteiger partial charge in [-0.15, -0.1) is 11.3 Å². The summed E-state index contributed by atoms with van der Waals surface area (Å²) >= 11 is 6.55. The normalized spacial score (nSPS) is 13.9. The Morgan fingerprint density at radius 3 is 2.35 bits per heavy atom. The quantitative estimate of drug-likeness (QED) is 0.312. The molecule has 16 heteroatoms. The Labute approximate surface area is 220 Å². The van der Waals surface area contributed by atoms with Gasteiger partial charge in [0.2, 0.25) is 15.9 Å². The highest BCUT2D eigenvalue weighted by Gasteiger charge is 2.43. The van der Waals surface area contributed by atoms with E-state index >= 15 is 0 Å². The number of alkyl halides is 3. The molecule has 0 radical (unpaired) electrons. The van der Waals surface area contributed by atoms with Crippen molar-refractivity contribution in [1.29, 1.82) is 0 Å². The van der Waals surface area contributed by atoms with E-state index in [1.165, 1.54) is 18.2 Å². The Hall–Kier alpha value is -2.59. The van der Waals surface area contributed by atoms with E-state index < -0.39 is 59.5 Å². The summed E-state index contributed by atoms with van der Waals surface area (Å²) in [4.78, 5) is 22.6. The van der Waals surface area contributed by atoms with Crippen molar-refractivity contribution in [1.82, 2.24) is 14.9 Å². The molecule has 1 heterocycles. The van der Waals surface area contributed by atoms with Crippen molar-refractivity contribution >= 4 is 50.6 Å². The highest BCUT2D eigenvalue weighted by atomic mass is 35.5. The molecule has 0 aliphatic rings. The Bertz CT molecular complexity index is 1220. The number of benzene rings is 1. The first-order valence-corrected chi connectivity index (χ1v) is 13.2. The molecule has 0 spiro atoms. The molecule has 0 saturated carbocycles. The third-order valence-electron chi connectivity index (χ3n) is 5.01. The number of nitrogens with one attached hydrogen (secondary N) is 2. The lowest BCUT2D eigenvalue weighted by molar-refractivity contribution is -0.162. The van der Waals surface area contributed by atoms with E-state index in [4.69, 9.17) is 17.3 Å². The number of aliphatic hydroxyl groups excluding tert-OH is 1. The number of nitrogens with two attached hydrogens (primary N) is 1. The van der Waals surface area contributed by atoms with E-state index in [1.54, 1.807) is 19.2 Å². The van der Waals surface area contributed by atoms with Crippen LogP contribution in [0.25, 0.3) is 0 Å². The van der Waals surface area contributed by atoms with E-state index in [9.17, 15) is 36.3 Å². The largest absolute Gasteiger partial charge is 0.453 e. The van der Waals surface area contributed by atoms with Gasteiger partial charge in [-0.1, -0.05) is 11.6 Å². The monoisotopic (exact) mass is 586 g/mol. The first-order valence-electron chi connectivity index (χ1n) is 10.6. The van der Waals surface area contributed by atoms with Crippen LogP contribution in [0.1, 0.15) is 35.7 Å². The minimum atomic E-state index is -4.91. The fourth-order valence-electron chi connectivity index (χ4n) is 3.34. The standard InChI is InChI=1S/C21H26ClF3N4O6S2/c1-11(2)29(37(33,34)12-4-5-14(26)13(22)8-12)15(10-30)16-6-7-17(36-16)19(21(23,24)25)28-18(31)9-27-20(32)35-3/h4-8,11,15,19,30H,9-10,26H2,1-3H3,(H,27,32)(H,28,31). The number of amides is 2. The summed E-state index contributed by atoms with van der Waals surface area (Å²) in [5.74, 6) is -1.13. The zero-order valence-electron chi connectivity index (χ0n) is 19.9. The van der Waals surface area contributed by atoms with Gasteiger partial charge in [-0.05, 0) is 44.2 Å². The van der Waals surface area contributed by atoms with Gasteiger partial charge in [-0.25, -0.2) is 13.2 Å². The molecule has 5 N–H and O–H groups in total. The summed E-state index contributed by atoms with van der Waals surface area (Å²) < 4.78 is 73.5. The zero-order chi connectivity index (χ0) is 28.1. The van der Waals surface area contributed by atoms with Gasteiger partial charge < -0.3 is 26.2 Å². The minimum absolute atomic E-state index is 0.00538. The molecule has 1 aromatic carbocycles. The van der Waals surface area contributed by atoms with Crippen LogP contribution in [0.15, 0.2) is 35.2 Å². The molecule has 0 aliphatic carbocycles. The smallest absolute Gasteiger partial charge is 0.413 e. The predicted octanol–water partition coefficient (Wildman–Crippen LogP) is 3.19. The van der Waals surface area contributed by atoms with Gasteiger partial charge >= 0.3 is 12.3 Å². The zero-order valence-corrected chi connectivity index (χ0v) is 22.3. The molecule has 2 amide bonds. The van der Waals surface area contributed by atoms with Gasteiger partial charge in [0.05, 0.1) is 35.4 Å². The maximum atomic E-state index is 13.8. The SMILES string of the molecule is COC(=O)NCC(=O)NC(c1ccc(C(CO)N(C(C)C)S(=O)(=O)c2ccc(N)c(Cl)c2)s1)C(F)(F)F. The van der Waals surface area contributed by atoms with Gasteiger partial charge in [0.1, 0.15) is 6.54 Å². The average molecular weight is 587 g/mol. The lowest BCUT2D eigenvalue weighted by atomic mass is 10.2. The number of nitrogen functional groups attached to an aromatic ring is 1. The van der Waals surface area contributed by atoms with Crippen molar-refractivity contribution in [3.8, 4) is 0 Å². The molecule has 2 unspecified atom stereocenters. The summed E-state index contributed by atoms with van der Waals surface area (Å²) in [7, 11) is -3.25. The van der Waals surface area contributed by atoms with Gasteiger partial charge in [0.15, 0.2) is 6.04 Å². The molecule has 206 valence electrons. The number of hydrogen-bond acceptors (Lipinski definition) is 8. The number of carbonyl (C=O) groups excluding carboxylic acids is 2. The predicted molar refractivity (Wildman–Crippen MR) is 132 cm³/mol. The highest BCUT2D eigenvalue weighted by Crippen LogP contribution is 2.40. The molecule has 0 bridgehead atoms. The van der Waals surface area contributed by atoms with Crippen LogP contribution in [-0.4, -0.2) is 62.3 Å². The summed E-state index contributed by atoms with van der Waals surface area (Å²) in [6.07, 6.45) is -5.91. The van der Waals surface area contributed by atoms with E-state index in [0.717, 1.165) is 23.5 Å². The van der Waals surface area contributed by atoms with Gasteiger partial charge in [-0.2, -0.15) is 17.5 Å². The number of thiophene rings is 1. The minimum Gasteiger partial charge on any atom is -0.453 e. The molecule has 1 aromatic heterocycles. The Kier molecular flexibility index (Phi) is 10.2. The highest BCUT2D eigenvalue weighted by molar-refractivity contribution is 7.89. The number of aliphatic hydroxyl groups is 1. The summed E-state index contributed by atoms with van der Waals surface area (Å²) in [5.41, 5.74) is 5.81. The number of ether oxygens (including phenoxy) is 1. The molecular weight excluding hydrogens is 561 g/mol. The van der Waals surface area contributed by atoms with Crippen LogP contribution in [0.2, 0.25) is 5.02 Å². The lowest BCUT2D eigenvalue weighted by Gasteiger charge is -2.32. The van der Waals surface area contributed by atoms with Crippen LogP contribution in [0.3, 0.4) is 0 Å². The Balaban J connectivity index is 2.42. The Morgan fingerprint density at radius 2 is 1.84 bits per heavy atom. The number of anilines is 1. The van der Waals surface area contributed by atoms with Crippen LogP contribution < -0.4 is 16.4 Å². The molecule has 0 saturated heterocycles. The van der Waals surface area contributed by atoms with Crippen molar-refractivity contribution in [3.63, 3.8) is 0 Å². The third-order valence-corrected chi connectivity index (χ3v) is 8.67. The number of rotatable bonds is 10. The fraction of sp³-hybridized carbons (Fsp3) is 0.429. The van der Waals surface area contributed by atoms with E-state index in [2.05, 4.69) is 4.74 Å². The van der Waals surface area contributed by atoms with Gasteiger partial charge in [0, 0.05) is 15.8 Å². The van der Waals surface area contributed by atoms with Crippen LogP contribution >= 0.6 is 22.9 Å². The van der Waals surface area contributed by atoms with E-state index in [0.29, 0.717) is 11.3 Å². The third kappa shape index (κ3) is 7.47. The first-order chi connectivity index (χ1) is 17.1. The van der Waals surface area contributed by atoms with E-state index in [-0.39, 0.29) is 25.4 Å². The number of hydrogen-bond donors (Lipinski definition) is 4. The lowest BCUT2D eigenvalue weighted by Crippen LogP contribution is -2.43. The van der Waals surface area contributed by atoms with Gasteiger partial charge in [-0.3, -0.25) is 4.79 Å². The first kappa shape index (κ1) is 30.6. The summed E-state index contributed by atoms with van der Waals surface area (Å²) in [6, 6.07) is 1.61. The summed E-state index contributed by atoms with van der Waals surface area (Å²) in [6.45, 7) is 1.58. The van der Waals surface area contributed by atoms with Crippen molar-refractivity contribution in [2.75, 3.05) is 26.0 Å². The second-order valence-corrected chi connectivity index (χ2v) is 11.3. The molecule has 37 heavy (non-hydrogen) atoms. The fourth-order valence-corrected chi connectivity index (χ4v) is 6.66. The molecule has 0 aliphatic heterocycles. The molecule has 2 rings (SSSR count). The number of nitrogens with zero attached hydrogens (tertiary/aromatic N) is 1. The second-order valence-electron chi connectivity index (χ2n) is 7.94. The molecule has 2 aromatic rings. The summed E-state index contributed by atoms with van der Waals surface area (Å²) in [5, 5.41) is 13.9. The second kappa shape index (κ2) is 12.3. The molecular formula is C21H26ClF3N4O6S2. The maximum absolute atomic E-state index is 13.8. The number of carbonyl (C=O) groups is 2. The topological polar surface area (TPSA) is 151 Å². The van der Waals surface area contributed by atoms with Crippen LogP contribution in [0.4, 0.5) is 23.7 Å². The number of alkyl carbamates (subject to hydrolysis) is 1. The van der Waals surface area contributed by atoms with Crippen LogP contribution in [0.5, 0.6) is 0 Å². The number of methoxy groups -OCH3 is 1. The number of halogens is 4. The molecule has 0 fully saturated rings.